The van der Waals surface area contributed by atoms with Gasteiger partial charge in [0.1, 0.15) is 0 Å². The second-order valence-corrected chi connectivity index (χ2v) is 5.16. The van der Waals surface area contributed by atoms with Crippen molar-refractivity contribution in [3.05, 3.63) is 46.4 Å². The van der Waals surface area contributed by atoms with Gasteiger partial charge in [0, 0.05) is 17.5 Å². The highest BCUT2D eigenvalue weighted by atomic mass is 35.5. The van der Waals surface area contributed by atoms with E-state index in [0.717, 1.165) is 18.5 Å². The van der Waals surface area contributed by atoms with E-state index >= 15 is 0 Å². The smallest absolute Gasteiger partial charge is 0.170 e. The van der Waals surface area contributed by atoms with Gasteiger partial charge in [-0.1, -0.05) is 11.6 Å². The first-order chi connectivity index (χ1) is 9.56. The number of aromatic hydroxyl groups is 1. The molecule has 1 N–H and O–H groups in total. The Hall–Kier alpha value is -1.94. The molecule has 0 fully saturated rings. The van der Waals surface area contributed by atoms with Crippen LogP contribution in [0.4, 0.5) is 4.39 Å². The van der Waals surface area contributed by atoms with E-state index in [1.165, 1.54) is 12.1 Å². The van der Waals surface area contributed by atoms with Crippen LogP contribution in [0.2, 0.25) is 5.02 Å². The highest BCUT2D eigenvalue weighted by molar-refractivity contribution is 6.32. The molecule has 0 saturated carbocycles. The fourth-order valence-electron chi connectivity index (χ4n) is 2.37. The zero-order chi connectivity index (χ0) is 14.3. The SMILES string of the molecule is O=C1CCCc2nc(-c3cc(F)c(O)c(Cl)c3)ccc21. The number of hydrogen-bond acceptors (Lipinski definition) is 3. The molecule has 2 aromatic rings. The Balaban J connectivity index is 2.09. The number of carbonyl (C=O) groups is 1. The minimum Gasteiger partial charge on any atom is -0.504 e. The summed E-state index contributed by atoms with van der Waals surface area (Å²) in [4.78, 5) is 16.2. The molecule has 20 heavy (non-hydrogen) atoms. The summed E-state index contributed by atoms with van der Waals surface area (Å²) in [6.45, 7) is 0. The van der Waals surface area contributed by atoms with Crippen molar-refractivity contribution in [3.63, 3.8) is 0 Å². The Bertz CT molecular complexity index is 692. The highest BCUT2D eigenvalue weighted by Gasteiger charge is 2.19. The zero-order valence-electron chi connectivity index (χ0n) is 10.5. The van der Waals surface area contributed by atoms with Gasteiger partial charge in [-0.25, -0.2) is 4.39 Å². The van der Waals surface area contributed by atoms with Crippen molar-refractivity contribution in [2.45, 2.75) is 19.3 Å². The number of ketones is 1. The summed E-state index contributed by atoms with van der Waals surface area (Å²) in [7, 11) is 0. The predicted octanol–water partition coefficient (Wildman–Crippen LogP) is 3.77. The summed E-state index contributed by atoms with van der Waals surface area (Å²) >= 11 is 5.76. The number of aryl methyl sites for hydroxylation is 1. The largest absolute Gasteiger partial charge is 0.504 e. The van der Waals surface area contributed by atoms with Gasteiger partial charge in [-0.05, 0) is 37.1 Å². The van der Waals surface area contributed by atoms with Crippen molar-refractivity contribution in [3.8, 4) is 17.0 Å². The maximum Gasteiger partial charge on any atom is 0.170 e. The number of fused-ring (bicyclic) bond motifs is 1. The second kappa shape index (κ2) is 4.87. The first kappa shape index (κ1) is 13.1. The van der Waals surface area contributed by atoms with E-state index in [9.17, 15) is 14.3 Å². The molecule has 0 spiro atoms. The van der Waals surface area contributed by atoms with Crippen LogP contribution in [0.3, 0.4) is 0 Å². The lowest BCUT2D eigenvalue weighted by atomic mass is 9.94. The van der Waals surface area contributed by atoms with Gasteiger partial charge in [0.2, 0.25) is 0 Å². The Morgan fingerprint density at radius 2 is 2.05 bits per heavy atom. The van der Waals surface area contributed by atoms with Gasteiger partial charge < -0.3 is 5.11 Å². The lowest BCUT2D eigenvalue weighted by Crippen LogP contribution is -2.12. The molecular formula is C15H11ClFNO2. The summed E-state index contributed by atoms with van der Waals surface area (Å²) in [6.07, 6.45) is 2.07. The van der Waals surface area contributed by atoms with Crippen LogP contribution in [0.25, 0.3) is 11.3 Å². The van der Waals surface area contributed by atoms with Crippen LogP contribution in [-0.4, -0.2) is 15.9 Å². The van der Waals surface area contributed by atoms with Crippen molar-refractivity contribution >= 4 is 17.4 Å². The number of rotatable bonds is 1. The molecule has 102 valence electrons. The number of phenolic OH excluding ortho intramolecular Hbond substituents is 1. The molecule has 1 aromatic carbocycles. The molecule has 1 aliphatic rings. The number of carbonyl (C=O) groups excluding carboxylic acids is 1. The Morgan fingerprint density at radius 3 is 2.80 bits per heavy atom. The van der Waals surface area contributed by atoms with Crippen molar-refractivity contribution < 1.29 is 14.3 Å². The first-order valence-electron chi connectivity index (χ1n) is 6.28. The van der Waals surface area contributed by atoms with Crippen molar-refractivity contribution in [2.75, 3.05) is 0 Å². The van der Waals surface area contributed by atoms with Crippen LogP contribution >= 0.6 is 11.6 Å². The van der Waals surface area contributed by atoms with E-state index in [1.54, 1.807) is 12.1 Å². The molecule has 1 aliphatic carbocycles. The van der Waals surface area contributed by atoms with E-state index in [1.807, 2.05) is 0 Å². The van der Waals surface area contributed by atoms with Crippen molar-refractivity contribution in [2.24, 2.45) is 0 Å². The fourth-order valence-corrected chi connectivity index (χ4v) is 2.58. The maximum atomic E-state index is 13.5. The number of nitrogens with zero attached hydrogens (tertiary/aromatic N) is 1. The standard InChI is InChI=1S/C15H11ClFNO2/c16-10-6-8(7-11(17)15(10)20)12-5-4-9-13(18-12)2-1-3-14(9)19/h4-7,20H,1-3H2. The van der Waals surface area contributed by atoms with Gasteiger partial charge in [-0.3, -0.25) is 9.78 Å². The molecule has 0 radical (unpaired) electrons. The number of aromatic nitrogens is 1. The molecule has 3 nitrogen and oxygen atoms in total. The molecule has 1 aromatic heterocycles. The normalized spacial score (nSPS) is 14.2. The van der Waals surface area contributed by atoms with Gasteiger partial charge in [-0.2, -0.15) is 0 Å². The Morgan fingerprint density at radius 1 is 1.25 bits per heavy atom. The Labute approximate surface area is 120 Å². The first-order valence-corrected chi connectivity index (χ1v) is 6.65. The minimum absolute atomic E-state index is 0.0596. The average Bonchev–Trinajstić information content (AvgIpc) is 2.44. The summed E-state index contributed by atoms with van der Waals surface area (Å²) in [5.41, 5.74) is 2.40. The van der Waals surface area contributed by atoms with Crippen LogP contribution in [-0.2, 0) is 6.42 Å². The topological polar surface area (TPSA) is 50.2 Å². The molecular weight excluding hydrogens is 281 g/mol. The third-order valence-corrected chi connectivity index (χ3v) is 3.69. The summed E-state index contributed by atoms with van der Waals surface area (Å²) in [5.74, 6) is -1.26. The van der Waals surface area contributed by atoms with Crippen LogP contribution in [0, 0.1) is 5.82 Å². The third kappa shape index (κ3) is 2.16. The molecule has 0 aliphatic heterocycles. The summed E-state index contributed by atoms with van der Waals surface area (Å²) in [5, 5.41) is 9.27. The molecule has 5 heteroatoms. The second-order valence-electron chi connectivity index (χ2n) is 4.76. The van der Waals surface area contributed by atoms with Gasteiger partial charge in [0.05, 0.1) is 16.4 Å². The quantitative estimate of drug-likeness (QED) is 0.870. The van der Waals surface area contributed by atoms with E-state index in [2.05, 4.69) is 4.98 Å². The molecule has 3 rings (SSSR count). The summed E-state index contributed by atoms with van der Waals surface area (Å²) in [6, 6.07) is 6.03. The number of halogens is 2. The maximum absolute atomic E-state index is 13.5. The van der Waals surface area contributed by atoms with E-state index < -0.39 is 11.6 Å². The molecule has 0 unspecified atom stereocenters. The van der Waals surface area contributed by atoms with Crippen molar-refractivity contribution in [1.29, 1.82) is 0 Å². The van der Waals surface area contributed by atoms with Crippen LogP contribution in [0.1, 0.15) is 28.9 Å². The highest BCUT2D eigenvalue weighted by Crippen LogP contribution is 2.32. The number of phenols is 1. The van der Waals surface area contributed by atoms with Crippen LogP contribution in [0.5, 0.6) is 5.75 Å². The van der Waals surface area contributed by atoms with Gasteiger partial charge in [0.15, 0.2) is 17.3 Å². The van der Waals surface area contributed by atoms with Crippen molar-refractivity contribution in [1.82, 2.24) is 4.98 Å². The lowest BCUT2D eigenvalue weighted by molar-refractivity contribution is 0.0971. The zero-order valence-corrected chi connectivity index (χ0v) is 11.2. The lowest BCUT2D eigenvalue weighted by Gasteiger charge is -2.14. The Kier molecular flexibility index (Phi) is 3.18. The molecule has 1 heterocycles. The van der Waals surface area contributed by atoms with E-state index in [-0.39, 0.29) is 10.8 Å². The number of pyridine rings is 1. The molecule has 0 atom stereocenters. The third-order valence-electron chi connectivity index (χ3n) is 3.40. The average molecular weight is 292 g/mol. The van der Waals surface area contributed by atoms with Gasteiger partial charge >= 0.3 is 0 Å². The van der Waals surface area contributed by atoms with Crippen LogP contribution in [0.15, 0.2) is 24.3 Å². The number of Topliss-reactive ketones (excluding diaryl/α,β-unsaturated/α-hetero) is 1. The predicted molar refractivity (Wildman–Crippen MR) is 73.6 cm³/mol. The van der Waals surface area contributed by atoms with Gasteiger partial charge in [-0.15, -0.1) is 0 Å². The monoisotopic (exact) mass is 291 g/mol. The number of hydrogen-bond donors (Lipinski definition) is 1. The fraction of sp³-hybridized carbons (Fsp3) is 0.200. The minimum atomic E-state index is -0.789. The van der Waals surface area contributed by atoms with Gasteiger partial charge in [0.25, 0.3) is 0 Å². The molecule has 0 amide bonds. The van der Waals surface area contributed by atoms with E-state index in [0.29, 0.717) is 23.2 Å². The molecule has 0 saturated heterocycles. The van der Waals surface area contributed by atoms with Crippen LogP contribution < -0.4 is 0 Å². The number of benzene rings is 1. The van der Waals surface area contributed by atoms with E-state index in [4.69, 9.17) is 11.6 Å². The molecule has 0 bridgehead atoms. The summed E-state index contributed by atoms with van der Waals surface area (Å²) < 4.78 is 13.5.